The summed E-state index contributed by atoms with van der Waals surface area (Å²) in [4.78, 5) is 10.7. The molecule has 3 nitrogen and oxygen atoms in total. The Morgan fingerprint density at radius 1 is 0.270 bits per heavy atom. The summed E-state index contributed by atoms with van der Waals surface area (Å²) in [6, 6.07) is 81.3. The van der Waals surface area contributed by atoms with Crippen LogP contribution in [0.2, 0.25) is 0 Å². The van der Waals surface area contributed by atoms with Gasteiger partial charge in [-0.1, -0.05) is 182 Å². The lowest BCUT2D eigenvalue weighted by Gasteiger charge is -2.19. The lowest BCUT2D eigenvalue weighted by atomic mass is 9.84. The predicted molar refractivity (Wildman–Crippen MR) is 265 cm³/mol. The van der Waals surface area contributed by atoms with Crippen molar-refractivity contribution in [2.24, 2.45) is 0 Å². The Hall–Kier alpha value is -8.40. The summed E-state index contributed by atoms with van der Waals surface area (Å²) in [5.41, 5.74) is 14.4. The van der Waals surface area contributed by atoms with Gasteiger partial charge in [0, 0.05) is 10.9 Å². The Bertz CT molecular complexity index is 3960. The molecule has 0 N–H and O–H groups in total. The minimum Gasteiger partial charge on any atom is -0.276 e. The molecule has 13 aromatic rings. The molecule has 63 heavy (non-hydrogen) atoms. The first-order valence-electron chi connectivity index (χ1n) is 21.6. The molecule has 0 bridgehead atoms. The van der Waals surface area contributed by atoms with E-state index in [1.54, 1.807) is 0 Å². The molecule has 2 heterocycles. The van der Waals surface area contributed by atoms with Crippen molar-refractivity contribution in [2.75, 3.05) is 0 Å². The number of fused-ring (bicyclic) bond motifs is 9. The Morgan fingerprint density at radius 2 is 0.762 bits per heavy atom. The molecule has 13 rings (SSSR count). The van der Waals surface area contributed by atoms with Crippen LogP contribution in [0.1, 0.15) is 0 Å². The Morgan fingerprint density at radius 3 is 1.46 bits per heavy atom. The van der Waals surface area contributed by atoms with E-state index in [9.17, 15) is 0 Å². The second kappa shape index (κ2) is 14.1. The first-order chi connectivity index (χ1) is 31.2. The second-order valence-corrected chi connectivity index (χ2v) is 16.6. The van der Waals surface area contributed by atoms with Gasteiger partial charge in [0.25, 0.3) is 0 Å². The van der Waals surface area contributed by atoms with Gasteiger partial charge >= 0.3 is 0 Å². The Labute approximate surface area is 363 Å². The Kier molecular flexibility index (Phi) is 7.91. The van der Waals surface area contributed by atoms with Crippen molar-refractivity contribution in [1.82, 2.24) is 14.4 Å². The molecule has 0 fully saturated rings. The number of imidazole rings is 1. The van der Waals surface area contributed by atoms with Crippen LogP contribution in [-0.4, -0.2) is 14.4 Å². The highest BCUT2D eigenvalue weighted by Crippen LogP contribution is 2.46. The van der Waals surface area contributed by atoms with Crippen molar-refractivity contribution in [2.45, 2.75) is 0 Å². The molecule has 0 spiro atoms. The third-order valence-corrected chi connectivity index (χ3v) is 12.9. The highest BCUT2D eigenvalue weighted by molar-refractivity contribution is 6.22. The van der Waals surface area contributed by atoms with Crippen LogP contribution < -0.4 is 0 Å². The zero-order valence-electron chi connectivity index (χ0n) is 34.2. The van der Waals surface area contributed by atoms with Crippen LogP contribution in [0.15, 0.2) is 224 Å². The molecule has 11 aromatic carbocycles. The highest BCUT2D eigenvalue weighted by Gasteiger charge is 2.20. The lowest BCUT2D eigenvalue weighted by Crippen LogP contribution is -1.98. The molecule has 292 valence electrons. The fourth-order valence-corrected chi connectivity index (χ4v) is 9.88. The summed E-state index contributed by atoms with van der Waals surface area (Å²) >= 11 is 0. The van der Waals surface area contributed by atoms with Gasteiger partial charge in [-0.15, -0.1) is 0 Å². The average molecular weight is 800 g/mol. The summed E-state index contributed by atoms with van der Waals surface area (Å²) < 4.78 is 2.24. The average Bonchev–Trinajstić information content (AvgIpc) is 3.75. The molecule has 0 amide bonds. The van der Waals surface area contributed by atoms with Crippen LogP contribution in [0.3, 0.4) is 0 Å². The second-order valence-electron chi connectivity index (χ2n) is 16.6. The van der Waals surface area contributed by atoms with E-state index in [4.69, 9.17) is 9.97 Å². The SMILES string of the molecule is c1ccc(-c2ccc(-c3nc4ccc(-c5ccc6c(-c7ccc8ccccc8c7)c7ccccc7c(-c7ccc8ccccc8c7)c6c5)cc4c4nc5ccccc5n34)cc2)cc1. The van der Waals surface area contributed by atoms with E-state index in [-0.39, 0.29) is 0 Å². The van der Waals surface area contributed by atoms with Crippen molar-refractivity contribution < 1.29 is 0 Å². The quantitative estimate of drug-likeness (QED) is 0.162. The Balaban J connectivity index is 1.04. The van der Waals surface area contributed by atoms with Crippen LogP contribution in [0.4, 0.5) is 0 Å². The van der Waals surface area contributed by atoms with Crippen molar-refractivity contribution >= 4 is 70.7 Å². The van der Waals surface area contributed by atoms with Gasteiger partial charge in [-0.25, -0.2) is 9.97 Å². The largest absolute Gasteiger partial charge is 0.276 e. The summed E-state index contributed by atoms with van der Waals surface area (Å²) in [6.45, 7) is 0. The van der Waals surface area contributed by atoms with Crippen molar-refractivity contribution in [3.8, 4) is 55.9 Å². The monoisotopic (exact) mass is 799 g/mol. The van der Waals surface area contributed by atoms with Gasteiger partial charge in [0.1, 0.15) is 11.5 Å². The number of nitrogens with zero attached hydrogens (tertiary/aromatic N) is 3. The summed E-state index contributed by atoms with van der Waals surface area (Å²) in [5, 5.41) is 10.9. The molecule has 0 aliphatic rings. The number of hydrogen-bond donors (Lipinski definition) is 0. The molecule has 0 radical (unpaired) electrons. The predicted octanol–water partition coefficient (Wildman–Crippen LogP) is 16.0. The van der Waals surface area contributed by atoms with E-state index in [0.29, 0.717) is 0 Å². The van der Waals surface area contributed by atoms with Gasteiger partial charge in [-0.3, -0.25) is 4.40 Å². The fourth-order valence-electron chi connectivity index (χ4n) is 9.88. The van der Waals surface area contributed by atoms with Crippen molar-refractivity contribution in [3.63, 3.8) is 0 Å². The first kappa shape index (κ1) is 35.4. The van der Waals surface area contributed by atoms with E-state index >= 15 is 0 Å². The van der Waals surface area contributed by atoms with Crippen LogP contribution in [0.25, 0.3) is 127 Å². The maximum Gasteiger partial charge on any atom is 0.149 e. The molecule has 0 saturated carbocycles. The fraction of sp³-hybridized carbons (Fsp3) is 0. The minimum absolute atomic E-state index is 0.873. The molecule has 0 atom stereocenters. The minimum atomic E-state index is 0.873. The molecular formula is C60H37N3. The maximum atomic E-state index is 5.39. The van der Waals surface area contributed by atoms with Gasteiger partial charge in [-0.05, 0) is 130 Å². The summed E-state index contributed by atoms with van der Waals surface area (Å²) in [6.07, 6.45) is 0. The third kappa shape index (κ3) is 5.75. The molecule has 0 aliphatic carbocycles. The van der Waals surface area contributed by atoms with Crippen LogP contribution in [-0.2, 0) is 0 Å². The number of para-hydroxylation sites is 2. The van der Waals surface area contributed by atoms with Gasteiger partial charge < -0.3 is 0 Å². The number of aromatic nitrogens is 3. The van der Waals surface area contributed by atoms with E-state index in [2.05, 4.69) is 229 Å². The molecule has 2 aromatic heterocycles. The van der Waals surface area contributed by atoms with Crippen LogP contribution in [0, 0.1) is 0 Å². The van der Waals surface area contributed by atoms with Gasteiger partial charge in [-0.2, -0.15) is 0 Å². The van der Waals surface area contributed by atoms with Gasteiger partial charge in [0.15, 0.2) is 0 Å². The van der Waals surface area contributed by atoms with E-state index in [0.717, 1.165) is 50.1 Å². The van der Waals surface area contributed by atoms with E-state index < -0.39 is 0 Å². The normalized spacial score (nSPS) is 11.8. The number of benzene rings is 11. The van der Waals surface area contributed by atoms with Gasteiger partial charge in [0.2, 0.25) is 0 Å². The summed E-state index contributed by atoms with van der Waals surface area (Å²) in [7, 11) is 0. The number of rotatable bonds is 5. The molecule has 3 heteroatoms. The van der Waals surface area contributed by atoms with E-state index in [1.165, 1.54) is 76.5 Å². The molecule has 0 aliphatic heterocycles. The molecule has 0 saturated heterocycles. The lowest BCUT2D eigenvalue weighted by molar-refractivity contribution is 1.16. The molecular weight excluding hydrogens is 763 g/mol. The summed E-state index contributed by atoms with van der Waals surface area (Å²) in [5.74, 6) is 0.873. The number of hydrogen-bond acceptors (Lipinski definition) is 2. The maximum absolute atomic E-state index is 5.39. The first-order valence-corrected chi connectivity index (χ1v) is 21.6. The topological polar surface area (TPSA) is 30.2 Å². The standard InChI is InChI=1S/C60H37N3/c1-2-12-38(13-3-1)41-22-26-42(27-23-41)59-61-54-33-31-46(37-53(54)60-62-55-20-10-11-21-56(55)63(59)60)45-30-32-51-52(36-45)58(48-29-25-40-15-5-7-17-44(40)35-48)50-19-9-8-18-49(50)57(51)47-28-24-39-14-4-6-16-43(39)34-47/h1-37H. The van der Waals surface area contributed by atoms with Gasteiger partial charge in [0.05, 0.1) is 16.6 Å². The van der Waals surface area contributed by atoms with Crippen molar-refractivity contribution in [1.29, 1.82) is 0 Å². The van der Waals surface area contributed by atoms with Crippen molar-refractivity contribution in [3.05, 3.63) is 224 Å². The zero-order chi connectivity index (χ0) is 41.4. The molecule has 0 unspecified atom stereocenters. The van der Waals surface area contributed by atoms with Crippen LogP contribution in [0.5, 0.6) is 0 Å². The zero-order valence-corrected chi connectivity index (χ0v) is 34.2. The highest BCUT2D eigenvalue weighted by atomic mass is 15.1. The van der Waals surface area contributed by atoms with Crippen LogP contribution >= 0.6 is 0 Å². The smallest absolute Gasteiger partial charge is 0.149 e. The third-order valence-electron chi connectivity index (χ3n) is 12.9. The van der Waals surface area contributed by atoms with E-state index in [1.807, 2.05) is 0 Å².